The van der Waals surface area contributed by atoms with E-state index in [0.29, 0.717) is 75.2 Å². The van der Waals surface area contributed by atoms with Gasteiger partial charge in [-0.05, 0) is 115 Å². The van der Waals surface area contributed by atoms with Crippen LogP contribution in [0.3, 0.4) is 0 Å². The Bertz CT molecular complexity index is 3920. The summed E-state index contributed by atoms with van der Waals surface area (Å²) in [6.45, 7) is 1.22. The van der Waals surface area contributed by atoms with Crippen LogP contribution in [-0.4, -0.2) is 110 Å². The van der Waals surface area contributed by atoms with Crippen molar-refractivity contribution in [1.29, 1.82) is 0 Å². The molecular weight excluding hydrogens is 1240 g/mol. The lowest BCUT2D eigenvalue weighted by Gasteiger charge is -2.24. The summed E-state index contributed by atoms with van der Waals surface area (Å²) < 4.78 is 132. The quantitative estimate of drug-likeness (QED) is 0.0435. The first-order chi connectivity index (χ1) is 43.5. The van der Waals surface area contributed by atoms with Gasteiger partial charge in [0.25, 0.3) is 17.7 Å². The van der Waals surface area contributed by atoms with Crippen molar-refractivity contribution in [1.82, 2.24) is 34.9 Å². The van der Waals surface area contributed by atoms with E-state index in [1.165, 1.54) is 119 Å². The smallest absolute Gasteiger partial charge is 0.496 e. The van der Waals surface area contributed by atoms with Crippen LogP contribution >= 0.6 is 11.6 Å². The fraction of sp³-hybridized carbons (Fsp3) is 0.164. The molecule has 10 rings (SSSR count). The molecule has 4 aromatic heterocycles. The third kappa shape index (κ3) is 20.0. The van der Waals surface area contributed by atoms with Gasteiger partial charge in [0, 0.05) is 129 Å². The van der Waals surface area contributed by atoms with Crippen molar-refractivity contribution >= 4 is 52.4 Å². The fourth-order valence-electron chi connectivity index (χ4n) is 8.26. The van der Waals surface area contributed by atoms with E-state index in [0.717, 1.165) is 37.1 Å². The van der Waals surface area contributed by atoms with Crippen molar-refractivity contribution in [2.75, 3.05) is 43.4 Å². The van der Waals surface area contributed by atoms with E-state index in [1.54, 1.807) is 49.1 Å². The number of amides is 3. The lowest BCUT2D eigenvalue weighted by atomic mass is 9.99. The van der Waals surface area contributed by atoms with E-state index in [4.69, 9.17) is 30.5 Å². The Labute approximate surface area is 515 Å². The average Bonchev–Trinajstić information content (AvgIpc) is 1.06. The van der Waals surface area contributed by atoms with E-state index in [1.807, 2.05) is 0 Å². The van der Waals surface area contributed by atoms with E-state index >= 15 is 0 Å². The average molecular weight is 1280 g/mol. The molecule has 9 aromatic rings. The third-order valence-corrected chi connectivity index (χ3v) is 12.4. The Kier molecular flexibility index (Phi) is 22.0. The zero-order chi connectivity index (χ0) is 65.1. The molecule has 1 saturated heterocycles. The van der Waals surface area contributed by atoms with E-state index < -0.39 is 47.7 Å². The number of halogens is 9. The normalized spacial score (nSPS) is 12.3. The zero-order valence-electron chi connectivity index (χ0n) is 47.2. The molecule has 1 aliphatic rings. The summed E-state index contributed by atoms with van der Waals surface area (Å²) in [7, 11) is 2.74. The molecule has 3 amide bonds. The highest BCUT2D eigenvalue weighted by atomic mass is 35.5. The number of nitrogens with one attached hydrogen (secondary N) is 3. The van der Waals surface area contributed by atoms with Crippen molar-refractivity contribution in [3.8, 4) is 62.3 Å². The van der Waals surface area contributed by atoms with Gasteiger partial charge < -0.3 is 49.1 Å². The number of ether oxygens (including phenoxy) is 7. The molecule has 5 heterocycles. The standard InChI is InChI=1S/C22H19ClF2N4O4.C20H14F3N3O4.C19H14F3N3O3/c23-22(24,25)33-18-3-1-16(2-4-18)29-20(30)14-9-19(15-10-26-13-27-11-15)21(28-12-14)32-17-5-7-31-8-6-17;1-29-19(28)16-7-2-12(8-17(16)13-9-24-11-25-10-13)18(27)26-14-3-5-15(6-4-14)30-20(21,22)23;1-27-17-7-2-12(8-16(17)13-9-23-11-24-10-13)18(26)25-14-3-5-15(6-4-14)28-19(20,21)22/h1-4,9-13,17H,5-8H2,(H,29,30);2-11H,1H3,(H,26,27);2-11H,1H3,(H,25,26). The number of alkyl halides is 9. The number of esters is 1. The lowest BCUT2D eigenvalue weighted by Crippen LogP contribution is -2.26. The van der Waals surface area contributed by atoms with Crippen molar-refractivity contribution in [2.45, 2.75) is 37.2 Å². The summed E-state index contributed by atoms with van der Waals surface area (Å²) in [5.41, 5.74) is 1.56. The second-order valence-corrected chi connectivity index (χ2v) is 19.1. The molecule has 0 aliphatic carbocycles. The monoisotopic (exact) mass is 1280 g/mol. The first-order valence-corrected chi connectivity index (χ1v) is 26.8. The Morgan fingerprint density at radius 1 is 0.495 bits per heavy atom. The van der Waals surface area contributed by atoms with Gasteiger partial charge in [0.05, 0.1) is 38.6 Å². The zero-order valence-corrected chi connectivity index (χ0v) is 47.9. The number of methoxy groups -OCH3 is 2. The molecular formula is C61H47ClF8N10O11. The van der Waals surface area contributed by atoms with Crippen LogP contribution in [0.5, 0.6) is 28.9 Å². The van der Waals surface area contributed by atoms with Crippen LogP contribution in [0, 0.1) is 0 Å². The molecule has 91 heavy (non-hydrogen) atoms. The Morgan fingerprint density at radius 3 is 1.32 bits per heavy atom. The second-order valence-electron chi connectivity index (χ2n) is 18.6. The molecule has 30 heteroatoms. The number of anilines is 3. The number of carbonyl (C=O) groups is 4. The van der Waals surface area contributed by atoms with Crippen molar-refractivity contribution in [3.63, 3.8) is 0 Å². The maximum absolute atomic E-state index is 12.8. The maximum atomic E-state index is 12.8. The minimum Gasteiger partial charge on any atom is -0.496 e. The molecule has 0 radical (unpaired) electrons. The molecule has 0 spiro atoms. The number of pyridine rings is 1. The highest BCUT2D eigenvalue weighted by molar-refractivity contribution is 6.20. The highest BCUT2D eigenvalue weighted by Crippen LogP contribution is 2.34. The Balaban J connectivity index is 0.000000177. The highest BCUT2D eigenvalue weighted by Gasteiger charge is 2.32. The maximum Gasteiger partial charge on any atom is 0.573 e. The summed E-state index contributed by atoms with van der Waals surface area (Å²) in [5.74, 6) is -2.03. The van der Waals surface area contributed by atoms with Gasteiger partial charge in [-0.1, -0.05) is 0 Å². The SMILES string of the molecule is COC(=O)c1ccc(C(=O)Nc2ccc(OC(F)(F)F)cc2)cc1-c1cncnc1.COc1ccc(C(=O)Nc2ccc(OC(F)(F)F)cc2)cc1-c1cncnc1.O=C(Nc1ccc(OC(F)(F)Cl)cc1)c1cnc(OC2CCOCC2)c(-c2cncnc2)c1. The van der Waals surface area contributed by atoms with Crippen LogP contribution in [0.4, 0.5) is 52.2 Å². The molecule has 3 N–H and O–H groups in total. The number of aromatic nitrogens is 7. The number of carbonyl (C=O) groups excluding carboxylic acids is 4. The second kappa shape index (κ2) is 30.3. The predicted molar refractivity (Wildman–Crippen MR) is 311 cm³/mol. The number of hydrogen-bond acceptors (Lipinski definition) is 18. The Morgan fingerprint density at radius 2 is 0.890 bits per heavy atom. The van der Waals surface area contributed by atoms with Crippen molar-refractivity contribution < 1.29 is 87.5 Å². The predicted octanol–water partition coefficient (Wildman–Crippen LogP) is 12.9. The summed E-state index contributed by atoms with van der Waals surface area (Å²) in [4.78, 5) is 78.1. The molecule has 21 nitrogen and oxygen atoms in total. The first kappa shape index (κ1) is 66.0. The molecule has 0 atom stereocenters. The van der Waals surface area contributed by atoms with E-state index in [2.05, 4.69) is 65.0 Å². The lowest BCUT2D eigenvalue weighted by molar-refractivity contribution is -0.275. The van der Waals surface area contributed by atoms with Gasteiger partial charge in [0.15, 0.2) is 0 Å². The van der Waals surface area contributed by atoms with Gasteiger partial charge >= 0.3 is 24.3 Å². The third-order valence-electron chi connectivity index (χ3n) is 12.4. The van der Waals surface area contributed by atoms with Crippen molar-refractivity contribution in [3.05, 3.63) is 200 Å². The largest absolute Gasteiger partial charge is 0.573 e. The number of rotatable bonds is 17. The van der Waals surface area contributed by atoms with Crippen LogP contribution in [0.2, 0.25) is 0 Å². The molecule has 470 valence electrons. The van der Waals surface area contributed by atoms with E-state index in [-0.39, 0.29) is 40.0 Å². The molecule has 1 fully saturated rings. The summed E-state index contributed by atoms with van der Waals surface area (Å²) in [5, 5.41) is 7.87. The number of nitrogens with zero attached hydrogens (tertiary/aromatic N) is 7. The molecule has 5 aromatic carbocycles. The summed E-state index contributed by atoms with van der Waals surface area (Å²) in [6.07, 6.45) is 6.73. The van der Waals surface area contributed by atoms with Crippen LogP contribution in [-0.2, 0) is 9.47 Å². The van der Waals surface area contributed by atoms with Gasteiger partial charge in [0.1, 0.15) is 48.1 Å². The topological polar surface area (TPSA) is 259 Å². The number of benzene rings is 5. The van der Waals surface area contributed by atoms with Crippen molar-refractivity contribution in [2.24, 2.45) is 0 Å². The number of hydrogen-bond donors (Lipinski definition) is 3. The fourth-order valence-corrected chi connectivity index (χ4v) is 8.35. The van der Waals surface area contributed by atoms with Gasteiger partial charge in [-0.25, -0.2) is 39.7 Å². The minimum atomic E-state index is -4.80. The van der Waals surface area contributed by atoms with Gasteiger partial charge in [0.2, 0.25) is 5.88 Å². The van der Waals surface area contributed by atoms with Crippen LogP contribution < -0.4 is 39.6 Å². The minimum absolute atomic E-state index is 0.0459. The van der Waals surface area contributed by atoms with Crippen LogP contribution in [0.1, 0.15) is 54.3 Å². The van der Waals surface area contributed by atoms with E-state index in [9.17, 15) is 54.3 Å². The summed E-state index contributed by atoms with van der Waals surface area (Å²) in [6, 6.07) is 25.7. The van der Waals surface area contributed by atoms with Gasteiger partial charge in [-0.3, -0.25) is 14.4 Å². The van der Waals surface area contributed by atoms with Crippen LogP contribution in [0.15, 0.2) is 178 Å². The van der Waals surface area contributed by atoms with Gasteiger partial charge in [-0.2, -0.15) is 0 Å². The first-order valence-electron chi connectivity index (χ1n) is 26.4. The molecule has 0 bridgehead atoms. The summed E-state index contributed by atoms with van der Waals surface area (Å²) >= 11 is 4.75. The molecule has 0 saturated carbocycles. The Hall–Kier alpha value is -10.9. The van der Waals surface area contributed by atoms with Crippen LogP contribution in [0.25, 0.3) is 33.4 Å². The molecule has 0 unspecified atom stereocenters. The molecule has 1 aliphatic heterocycles. The van der Waals surface area contributed by atoms with Gasteiger partial charge in [-0.15, -0.1) is 35.1 Å².